The Labute approximate surface area is 124 Å². The van der Waals surface area contributed by atoms with Gasteiger partial charge in [0, 0.05) is 18.7 Å². The highest BCUT2D eigenvalue weighted by atomic mass is 35.5. The second-order valence-electron chi connectivity index (χ2n) is 5.79. The van der Waals surface area contributed by atoms with Gasteiger partial charge in [-0.3, -0.25) is 15.0 Å². The molecule has 0 aliphatic heterocycles. The average Bonchev–Trinajstić information content (AvgIpc) is 2.41. The molecule has 110 valence electrons. The van der Waals surface area contributed by atoms with E-state index in [1.807, 2.05) is 6.07 Å². The van der Waals surface area contributed by atoms with Crippen LogP contribution >= 0.6 is 11.6 Å². The Bertz CT molecular complexity index is 493. The molecule has 4 nitrogen and oxygen atoms in total. The Hall–Kier alpha value is -1.13. The molecular formula is C15H21ClN2O2. The standard InChI is InChI=1S/C15H21ClN2O2/c1-11-5-3-4-6-14(11)17(2)10-12-7-8-13(16)15(9-12)18(19)20/h7-9,11,14H,3-6,10H2,1-2H3. The molecule has 0 aromatic heterocycles. The third-order valence-electron chi connectivity index (χ3n) is 4.27. The van der Waals surface area contributed by atoms with Crippen LogP contribution < -0.4 is 0 Å². The lowest BCUT2D eigenvalue weighted by Gasteiger charge is -2.36. The monoisotopic (exact) mass is 296 g/mol. The number of benzene rings is 1. The van der Waals surface area contributed by atoms with E-state index >= 15 is 0 Å². The maximum Gasteiger partial charge on any atom is 0.288 e. The molecule has 1 aliphatic carbocycles. The van der Waals surface area contributed by atoms with Crippen LogP contribution in [0.4, 0.5) is 5.69 Å². The third-order valence-corrected chi connectivity index (χ3v) is 4.59. The highest BCUT2D eigenvalue weighted by Gasteiger charge is 2.25. The van der Waals surface area contributed by atoms with Crippen LogP contribution in [0.15, 0.2) is 18.2 Å². The van der Waals surface area contributed by atoms with Gasteiger partial charge in [0.05, 0.1) is 4.92 Å². The van der Waals surface area contributed by atoms with E-state index < -0.39 is 4.92 Å². The average molecular weight is 297 g/mol. The van der Waals surface area contributed by atoms with Crippen LogP contribution in [0.5, 0.6) is 0 Å². The molecule has 5 heteroatoms. The van der Waals surface area contributed by atoms with Crippen molar-refractivity contribution in [1.29, 1.82) is 0 Å². The van der Waals surface area contributed by atoms with E-state index in [0.717, 1.165) is 12.1 Å². The molecule has 0 amide bonds. The van der Waals surface area contributed by atoms with Crippen LogP contribution in [0.2, 0.25) is 5.02 Å². The second-order valence-corrected chi connectivity index (χ2v) is 6.19. The first kappa shape index (κ1) is 15.3. The largest absolute Gasteiger partial charge is 0.299 e. The summed E-state index contributed by atoms with van der Waals surface area (Å²) in [5.41, 5.74) is 0.940. The number of nitro groups is 1. The van der Waals surface area contributed by atoms with E-state index in [2.05, 4.69) is 18.9 Å². The fraction of sp³-hybridized carbons (Fsp3) is 0.600. The summed E-state index contributed by atoms with van der Waals surface area (Å²) in [5, 5.41) is 11.1. The van der Waals surface area contributed by atoms with E-state index in [4.69, 9.17) is 11.6 Å². The molecule has 0 N–H and O–H groups in total. The molecule has 2 rings (SSSR count). The van der Waals surface area contributed by atoms with Crippen LogP contribution in [0, 0.1) is 16.0 Å². The van der Waals surface area contributed by atoms with Gasteiger partial charge in [-0.1, -0.05) is 37.4 Å². The van der Waals surface area contributed by atoms with Crippen molar-refractivity contribution >= 4 is 17.3 Å². The molecular weight excluding hydrogens is 276 g/mol. The van der Waals surface area contributed by atoms with Gasteiger partial charge in [0.25, 0.3) is 5.69 Å². The van der Waals surface area contributed by atoms with Gasteiger partial charge in [0.15, 0.2) is 0 Å². The Balaban J connectivity index is 2.09. The highest BCUT2D eigenvalue weighted by molar-refractivity contribution is 6.32. The molecule has 2 unspecified atom stereocenters. The van der Waals surface area contributed by atoms with Crippen molar-refractivity contribution in [2.75, 3.05) is 7.05 Å². The maximum atomic E-state index is 10.9. The molecule has 1 fully saturated rings. The van der Waals surface area contributed by atoms with Crippen molar-refractivity contribution in [1.82, 2.24) is 4.90 Å². The van der Waals surface area contributed by atoms with E-state index in [0.29, 0.717) is 12.0 Å². The molecule has 0 spiro atoms. The van der Waals surface area contributed by atoms with Gasteiger partial charge in [-0.05, 0) is 37.4 Å². The summed E-state index contributed by atoms with van der Waals surface area (Å²) in [6.45, 7) is 3.03. The number of nitrogens with zero attached hydrogens (tertiary/aromatic N) is 2. The van der Waals surface area contributed by atoms with Gasteiger partial charge in [-0.2, -0.15) is 0 Å². The van der Waals surface area contributed by atoms with Gasteiger partial charge in [-0.15, -0.1) is 0 Å². The summed E-state index contributed by atoms with van der Waals surface area (Å²) in [4.78, 5) is 12.8. The van der Waals surface area contributed by atoms with Crippen LogP contribution in [0.1, 0.15) is 38.2 Å². The maximum absolute atomic E-state index is 10.9. The lowest BCUT2D eigenvalue weighted by atomic mass is 9.85. The Morgan fingerprint density at radius 2 is 2.10 bits per heavy atom. The smallest absolute Gasteiger partial charge is 0.288 e. The number of nitro benzene ring substituents is 1. The van der Waals surface area contributed by atoms with Crippen LogP contribution in [-0.2, 0) is 6.54 Å². The zero-order valence-corrected chi connectivity index (χ0v) is 12.8. The summed E-state index contributed by atoms with van der Waals surface area (Å²) in [6, 6.07) is 5.65. The number of hydrogen-bond acceptors (Lipinski definition) is 3. The van der Waals surface area contributed by atoms with E-state index in [1.54, 1.807) is 12.1 Å². The molecule has 0 bridgehead atoms. The minimum Gasteiger partial charge on any atom is -0.299 e. The molecule has 1 aromatic rings. The highest BCUT2D eigenvalue weighted by Crippen LogP contribution is 2.30. The van der Waals surface area contributed by atoms with Crippen molar-refractivity contribution in [3.8, 4) is 0 Å². The lowest BCUT2D eigenvalue weighted by Crippen LogP contribution is -2.38. The molecule has 2 atom stereocenters. The van der Waals surface area contributed by atoms with E-state index in [1.165, 1.54) is 25.7 Å². The fourth-order valence-corrected chi connectivity index (χ4v) is 3.34. The number of halogens is 1. The predicted octanol–water partition coefficient (Wildman–Crippen LogP) is 4.26. The quantitative estimate of drug-likeness (QED) is 0.616. The van der Waals surface area contributed by atoms with Gasteiger partial charge < -0.3 is 0 Å². The molecule has 20 heavy (non-hydrogen) atoms. The number of rotatable bonds is 4. The Morgan fingerprint density at radius 1 is 1.40 bits per heavy atom. The van der Waals surface area contributed by atoms with Gasteiger partial charge >= 0.3 is 0 Å². The van der Waals surface area contributed by atoms with Crippen LogP contribution in [0.3, 0.4) is 0 Å². The summed E-state index contributed by atoms with van der Waals surface area (Å²) in [7, 11) is 2.10. The number of hydrogen-bond donors (Lipinski definition) is 0. The third kappa shape index (κ3) is 3.49. The summed E-state index contributed by atoms with van der Waals surface area (Å²) in [6.07, 6.45) is 5.08. The summed E-state index contributed by atoms with van der Waals surface area (Å²) in [5.74, 6) is 0.691. The zero-order valence-electron chi connectivity index (χ0n) is 12.0. The van der Waals surface area contributed by atoms with Crippen LogP contribution in [-0.4, -0.2) is 22.9 Å². The van der Waals surface area contributed by atoms with Gasteiger partial charge in [0.1, 0.15) is 5.02 Å². The van der Waals surface area contributed by atoms with Crippen molar-refractivity contribution in [3.63, 3.8) is 0 Å². The first-order valence-electron chi connectivity index (χ1n) is 7.12. The molecule has 1 saturated carbocycles. The van der Waals surface area contributed by atoms with Crippen LogP contribution in [0.25, 0.3) is 0 Å². The van der Waals surface area contributed by atoms with E-state index in [-0.39, 0.29) is 10.7 Å². The predicted molar refractivity (Wildman–Crippen MR) is 81.0 cm³/mol. The van der Waals surface area contributed by atoms with Gasteiger partial charge in [0.2, 0.25) is 0 Å². The van der Waals surface area contributed by atoms with Crippen molar-refractivity contribution in [3.05, 3.63) is 38.9 Å². The van der Waals surface area contributed by atoms with E-state index in [9.17, 15) is 10.1 Å². The zero-order chi connectivity index (χ0) is 14.7. The van der Waals surface area contributed by atoms with Crippen molar-refractivity contribution in [2.45, 2.75) is 45.2 Å². The lowest BCUT2D eigenvalue weighted by molar-refractivity contribution is -0.384. The molecule has 1 aromatic carbocycles. The SMILES string of the molecule is CC1CCCCC1N(C)Cc1ccc(Cl)c([N+](=O)[O-])c1. The summed E-state index contributed by atoms with van der Waals surface area (Å²) >= 11 is 5.84. The molecule has 0 heterocycles. The second kappa shape index (κ2) is 6.55. The first-order valence-corrected chi connectivity index (χ1v) is 7.50. The Morgan fingerprint density at radius 3 is 2.75 bits per heavy atom. The minimum absolute atomic E-state index is 0.00532. The van der Waals surface area contributed by atoms with Crippen molar-refractivity contribution in [2.24, 2.45) is 5.92 Å². The molecule has 1 aliphatic rings. The normalized spacial score (nSPS) is 23.0. The van der Waals surface area contributed by atoms with Gasteiger partial charge in [-0.25, -0.2) is 0 Å². The Kier molecular flexibility index (Phi) is 5.00. The molecule has 0 saturated heterocycles. The fourth-order valence-electron chi connectivity index (χ4n) is 3.15. The summed E-state index contributed by atoms with van der Waals surface area (Å²) < 4.78 is 0. The topological polar surface area (TPSA) is 46.4 Å². The molecule has 0 radical (unpaired) electrons. The van der Waals surface area contributed by atoms with Crippen molar-refractivity contribution < 1.29 is 4.92 Å². The minimum atomic E-state index is -0.422. The first-order chi connectivity index (χ1) is 9.49.